The average Bonchev–Trinajstić information content (AvgIpc) is 3.49. The Hall–Kier alpha value is -2.88. The van der Waals surface area contributed by atoms with Gasteiger partial charge in [0.15, 0.2) is 0 Å². The van der Waals surface area contributed by atoms with E-state index in [2.05, 4.69) is 29.1 Å². The monoisotopic (exact) mass is 373 g/mol. The first-order chi connectivity index (χ1) is 13.7. The molecule has 4 rings (SSSR count). The second kappa shape index (κ2) is 8.42. The Labute approximate surface area is 166 Å². The molecule has 0 bridgehead atoms. The molecule has 3 aromatic rings. The van der Waals surface area contributed by atoms with E-state index in [4.69, 9.17) is 0 Å². The molecule has 0 aliphatic heterocycles. The van der Waals surface area contributed by atoms with Crippen LogP contribution in [0.4, 0.5) is 0 Å². The van der Waals surface area contributed by atoms with E-state index >= 15 is 0 Å². The first kappa shape index (κ1) is 18.5. The lowest BCUT2D eigenvalue weighted by Crippen LogP contribution is -2.39. The van der Waals surface area contributed by atoms with Crippen LogP contribution in [0.3, 0.4) is 0 Å². The Morgan fingerprint density at radius 1 is 1.07 bits per heavy atom. The highest BCUT2D eigenvalue weighted by Gasteiger charge is 2.34. The molecule has 1 fully saturated rings. The van der Waals surface area contributed by atoms with Gasteiger partial charge in [0.2, 0.25) is 5.91 Å². The highest BCUT2D eigenvalue weighted by atomic mass is 16.2. The molecule has 1 atom stereocenters. The van der Waals surface area contributed by atoms with Gasteiger partial charge in [0, 0.05) is 25.2 Å². The van der Waals surface area contributed by atoms with Gasteiger partial charge in [-0.15, -0.1) is 0 Å². The summed E-state index contributed by atoms with van der Waals surface area (Å²) >= 11 is 0. The number of aryl methyl sites for hydroxylation is 1. The molecule has 0 N–H and O–H groups in total. The van der Waals surface area contributed by atoms with Gasteiger partial charge < -0.3 is 4.90 Å². The smallest absolute Gasteiger partial charge is 0.223 e. The van der Waals surface area contributed by atoms with Crippen molar-refractivity contribution in [3.05, 3.63) is 84.2 Å². The lowest BCUT2D eigenvalue weighted by atomic mass is 10.1. The molecule has 144 valence electrons. The van der Waals surface area contributed by atoms with Gasteiger partial charge in [0.25, 0.3) is 0 Å². The molecular formula is C24H27N3O. The van der Waals surface area contributed by atoms with Crippen molar-refractivity contribution in [2.24, 2.45) is 5.92 Å². The van der Waals surface area contributed by atoms with Crippen LogP contribution in [-0.4, -0.2) is 26.6 Å². The van der Waals surface area contributed by atoms with Gasteiger partial charge in [-0.1, -0.05) is 48.5 Å². The molecule has 1 unspecified atom stereocenters. The van der Waals surface area contributed by atoms with E-state index in [0.717, 1.165) is 11.3 Å². The molecule has 1 aliphatic carbocycles. The Balaban J connectivity index is 1.41. The largest absolute Gasteiger partial charge is 0.335 e. The van der Waals surface area contributed by atoms with E-state index < -0.39 is 0 Å². The predicted molar refractivity (Wildman–Crippen MR) is 111 cm³/mol. The van der Waals surface area contributed by atoms with Crippen molar-refractivity contribution in [2.75, 3.05) is 0 Å². The number of hydrogen-bond acceptors (Lipinski definition) is 2. The Morgan fingerprint density at radius 3 is 2.43 bits per heavy atom. The van der Waals surface area contributed by atoms with Gasteiger partial charge in [-0.3, -0.25) is 4.79 Å². The molecule has 0 saturated heterocycles. The van der Waals surface area contributed by atoms with Crippen LogP contribution >= 0.6 is 0 Å². The van der Waals surface area contributed by atoms with Gasteiger partial charge in [-0.2, -0.15) is 5.10 Å². The normalized spacial score (nSPS) is 14.6. The van der Waals surface area contributed by atoms with Crippen LogP contribution in [0.25, 0.3) is 5.69 Å². The summed E-state index contributed by atoms with van der Waals surface area (Å²) in [6, 6.07) is 20.7. The van der Waals surface area contributed by atoms with Crippen molar-refractivity contribution >= 4 is 5.91 Å². The third kappa shape index (κ3) is 4.50. The first-order valence-electron chi connectivity index (χ1n) is 10.1. The number of para-hydroxylation sites is 1. The van der Waals surface area contributed by atoms with Crippen molar-refractivity contribution in [3.63, 3.8) is 0 Å². The summed E-state index contributed by atoms with van der Waals surface area (Å²) in [6.07, 6.45) is 7.60. The fraction of sp³-hybridized carbons (Fsp3) is 0.333. The fourth-order valence-corrected chi connectivity index (χ4v) is 3.68. The van der Waals surface area contributed by atoms with Crippen molar-refractivity contribution in [2.45, 2.75) is 45.2 Å². The highest BCUT2D eigenvalue weighted by molar-refractivity contribution is 5.77. The van der Waals surface area contributed by atoms with Crippen LogP contribution in [0, 0.1) is 5.92 Å². The van der Waals surface area contributed by atoms with Crippen LogP contribution in [0.5, 0.6) is 0 Å². The zero-order valence-electron chi connectivity index (χ0n) is 16.4. The van der Waals surface area contributed by atoms with Crippen molar-refractivity contribution in [1.82, 2.24) is 14.7 Å². The third-order valence-corrected chi connectivity index (χ3v) is 5.60. The minimum atomic E-state index is 0.232. The van der Waals surface area contributed by atoms with E-state index in [1.165, 1.54) is 18.4 Å². The maximum absolute atomic E-state index is 13.1. The van der Waals surface area contributed by atoms with Gasteiger partial charge in [0.05, 0.1) is 11.9 Å². The summed E-state index contributed by atoms with van der Waals surface area (Å²) in [7, 11) is 0. The van der Waals surface area contributed by atoms with E-state index in [0.29, 0.717) is 31.3 Å². The summed E-state index contributed by atoms with van der Waals surface area (Å²) in [6.45, 7) is 2.90. The van der Waals surface area contributed by atoms with Gasteiger partial charge in [-0.25, -0.2) is 4.68 Å². The van der Waals surface area contributed by atoms with E-state index in [1.807, 2.05) is 65.6 Å². The third-order valence-electron chi connectivity index (χ3n) is 5.60. The van der Waals surface area contributed by atoms with E-state index in [-0.39, 0.29) is 5.91 Å². The summed E-state index contributed by atoms with van der Waals surface area (Å²) in [4.78, 5) is 15.1. The summed E-state index contributed by atoms with van der Waals surface area (Å²) < 4.78 is 1.87. The SMILES string of the molecule is CC(C1CC1)N(Cc1ccccc1)C(=O)CCc1cnn(-c2ccccc2)c1. The number of rotatable bonds is 8. The van der Waals surface area contributed by atoms with Crippen molar-refractivity contribution in [1.29, 1.82) is 0 Å². The number of carbonyl (C=O) groups excluding carboxylic acids is 1. The molecular weight excluding hydrogens is 346 g/mol. The predicted octanol–water partition coefficient (Wildman–Crippen LogP) is 4.63. The molecule has 0 radical (unpaired) electrons. The first-order valence-corrected chi connectivity index (χ1v) is 10.1. The molecule has 2 aromatic carbocycles. The lowest BCUT2D eigenvalue weighted by Gasteiger charge is -2.30. The number of carbonyl (C=O) groups is 1. The van der Waals surface area contributed by atoms with Crippen LogP contribution in [0.15, 0.2) is 73.1 Å². The number of benzene rings is 2. The van der Waals surface area contributed by atoms with Crippen molar-refractivity contribution in [3.8, 4) is 5.69 Å². The number of aromatic nitrogens is 2. The highest BCUT2D eigenvalue weighted by Crippen LogP contribution is 2.36. The van der Waals surface area contributed by atoms with Crippen LogP contribution in [-0.2, 0) is 17.8 Å². The number of hydrogen-bond donors (Lipinski definition) is 0. The molecule has 28 heavy (non-hydrogen) atoms. The molecule has 0 spiro atoms. The standard InChI is InChI=1S/C24H27N3O/c1-19(22-13-14-22)26(17-20-8-4-2-5-9-20)24(28)15-12-21-16-25-27(18-21)23-10-6-3-7-11-23/h2-11,16,18-19,22H,12-15,17H2,1H3. The quantitative estimate of drug-likeness (QED) is 0.577. The molecule has 1 amide bonds. The van der Waals surface area contributed by atoms with Crippen molar-refractivity contribution < 1.29 is 4.79 Å². The summed E-state index contributed by atoms with van der Waals surface area (Å²) in [5.41, 5.74) is 3.32. The maximum atomic E-state index is 13.1. The Bertz CT molecular complexity index is 900. The topological polar surface area (TPSA) is 38.1 Å². The zero-order chi connectivity index (χ0) is 19.3. The van der Waals surface area contributed by atoms with Gasteiger partial charge in [0.1, 0.15) is 0 Å². The average molecular weight is 374 g/mol. The second-order valence-electron chi connectivity index (χ2n) is 7.71. The summed E-state index contributed by atoms with van der Waals surface area (Å²) in [5.74, 6) is 0.893. The fourth-order valence-electron chi connectivity index (χ4n) is 3.68. The zero-order valence-corrected chi connectivity index (χ0v) is 16.4. The van der Waals surface area contributed by atoms with Crippen LogP contribution in [0.2, 0.25) is 0 Å². The minimum Gasteiger partial charge on any atom is -0.335 e. The molecule has 1 aromatic heterocycles. The Kier molecular flexibility index (Phi) is 5.56. The molecule has 4 nitrogen and oxygen atoms in total. The van der Waals surface area contributed by atoms with Crippen LogP contribution < -0.4 is 0 Å². The Morgan fingerprint density at radius 2 is 1.75 bits per heavy atom. The van der Waals surface area contributed by atoms with Crippen LogP contribution in [0.1, 0.15) is 37.3 Å². The molecule has 4 heteroatoms. The number of nitrogens with zero attached hydrogens (tertiary/aromatic N) is 3. The van der Waals surface area contributed by atoms with Gasteiger partial charge in [-0.05, 0) is 55.4 Å². The van der Waals surface area contributed by atoms with E-state index in [1.54, 1.807) is 0 Å². The van der Waals surface area contributed by atoms with E-state index in [9.17, 15) is 4.79 Å². The molecule has 1 saturated carbocycles. The minimum absolute atomic E-state index is 0.232. The molecule has 1 aliphatic rings. The second-order valence-corrected chi connectivity index (χ2v) is 7.71. The summed E-state index contributed by atoms with van der Waals surface area (Å²) in [5, 5.41) is 4.44. The number of amides is 1. The molecule has 1 heterocycles. The lowest BCUT2D eigenvalue weighted by molar-refractivity contribution is -0.134. The maximum Gasteiger partial charge on any atom is 0.223 e. The van der Waals surface area contributed by atoms with Gasteiger partial charge >= 0.3 is 0 Å².